The molecule has 0 aromatic heterocycles. The molecule has 0 heterocycles. The lowest BCUT2D eigenvalue weighted by Gasteiger charge is -2.30. The Labute approximate surface area is 187 Å². The summed E-state index contributed by atoms with van der Waals surface area (Å²) in [6.45, 7) is 10.0. The summed E-state index contributed by atoms with van der Waals surface area (Å²) < 4.78 is 39.7. The van der Waals surface area contributed by atoms with E-state index in [0.717, 1.165) is 25.1 Å². The van der Waals surface area contributed by atoms with E-state index in [9.17, 15) is 18.0 Å². The van der Waals surface area contributed by atoms with Crippen molar-refractivity contribution in [2.45, 2.75) is 46.2 Å². The Morgan fingerprint density at radius 1 is 1.07 bits per heavy atom. The fourth-order valence-corrected chi connectivity index (χ4v) is 2.78. The molecule has 0 radical (unpaired) electrons. The Hall–Kier alpha value is -1.56. The van der Waals surface area contributed by atoms with Gasteiger partial charge < -0.3 is 16.0 Å². The normalized spacial score (nSPS) is 11.6. The maximum Gasteiger partial charge on any atom is 0.243 e. The zero-order valence-corrected chi connectivity index (χ0v) is 19.8. The van der Waals surface area contributed by atoms with E-state index < -0.39 is 29.0 Å². The minimum Gasteiger partial charge on any atom is -0.356 e. The van der Waals surface area contributed by atoms with Gasteiger partial charge in [0.15, 0.2) is 23.4 Å². The van der Waals surface area contributed by atoms with Crippen molar-refractivity contribution < 1.29 is 18.0 Å². The van der Waals surface area contributed by atoms with Crippen molar-refractivity contribution in [3.05, 3.63) is 29.6 Å². The molecule has 1 amide bonds. The first-order valence-corrected chi connectivity index (χ1v) is 9.31. The maximum absolute atomic E-state index is 13.6. The number of benzene rings is 1. The van der Waals surface area contributed by atoms with Gasteiger partial charge in [0.25, 0.3) is 0 Å². The molecule has 0 spiro atoms. The number of hydrogen-bond acceptors (Lipinski definition) is 3. The van der Waals surface area contributed by atoms with Crippen LogP contribution >= 0.6 is 24.0 Å². The van der Waals surface area contributed by atoms with Crippen LogP contribution in [0.15, 0.2) is 17.1 Å². The van der Waals surface area contributed by atoms with E-state index in [0.29, 0.717) is 24.6 Å². The minimum atomic E-state index is -1.62. The molecule has 0 saturated carbocycles. The van der Waals surface area contributed by atoms with E-state index in [1.54, 1.807) is 7.05 Å². The van der Waals surface area contributed by atoms with Gasteiger partial charge in [-0.2, -0.15) is 0 Å². The molecule has 0 aliphatic carbocycles. The van der Waals surface area contributed by atoms with Crippen molar-refractivity contribution in [3.63, 3.8) is 0 Å². The molecule has 29 heavy (non-hydrogen) atoms. The number of carbonyl (C=O) groups is 1. The molecule has 3 N–H and O–H groups in total. The molecule has 0 aliphatic rings. The van der Waals surface area contributed by atoms with Gasteiger partial charge in [-0.1, -0.05) is 0 Å². The molecule has 10 heteroatoms. The predicted octanol–water partition coefficient (Wildman–Crippen LogP) is 3.33. The summed E-state index contributed by atoms with van der Waals surface area (Å²) in [6.07, 6.45) is 0.892. The number of aliphatic imine (C=N–C) groups is 1. The third-order valence-corrected chi connectivity index (χ3v) is 4.16. The minimum absolute atomic E-state index is 0. The number of carbonyl (C=O) groups excluding carboxylic acids is 1. The van der Waals surface area contributed by atoms with E-state index >= 15 is 0 Å². The van der Waals surface area contributed by atoms with Crippen LogP contribution < -0.4 is 16.0 Å². The fourth-order valence-electron chi connectivity index (χ4n) is 2.78. The first kappa shape index (κ1) is 27.4. The molecule has 1 aromatic carbocycles. The molecular formula is C19H31F3IN5O. The van der Waals surface area contributed by atoms with Crippen LogP contribution in [-0.4, -0.2) is 55.5 Å². The Bertz CT molecular complexity index is 678. The molecule has 6 nitrogen and oxygen atoms in total. The van der Waals surface area contributed by atoms with Crippen molar-refractivity contribution in [1.29, 1.82) is 0 Å². The highest BCUT2D eigenvalue weighted by Crippen LogP contribution is 2.19. The van der Waals surface area contributed by atoms with Crippen LogP contribution in [0, 0.1) is 17.5 Å². The van der Waals surface area contributed by atoms with E-state index in [2.05, 4.69) is 53.5 Å². The van der Waals surface area contributed by atoms with E-state index in [4.69, 9.17) is 0 Å². The highest BCUT2D eigenvalue weighted by molar-refractivity contribution is 14.0. The standard InChI is InChI=1S/C19H30F3N5O.HI/c1-12(2)27(13(3)4)10-6-9-24-19(23-5)25-11-16(28)26-15-8-7-14(20)17(21)18(15)22;/h7-8,12-13H,6,9-11H2,1-5H3,(H,26,28)(H2,23,24,25);1H. The molecule has 0 bridgehead atoms. The van der Waals surface area contributed by atoms with E-state index in [1.165, 1.54) is 0 Å². The fraction of sp³-hybridized carbons (Fsp3) is 0.579. The first-order chi connectivity index (χ1) is 13.2. The Balaban J connectivity index is 0.00000784. The third-order valence-electron chi connectivity index (χ3n) is 4.16. The molecule has 0 unspecified atom stereocenters. The van der Waals surface area contributed by atoms with E-state index in [1.807, 2.05) is 0 Å². The van der Waals surface area contributed by atoms with Gasteiger partial charge in [0, 0.05) is 32.2 Å². The van der Waals surface area contributed by atoms with Crippen LogP contribution in [0.3, 0.4) is 0 Å². The van der Waals surface area contributed by atoms with Crippen molar-refractivity contribution in [1.82, 2.24) is 15.5 Å². The summed E-state index contributed by atoms with van der Waals surface area (Å²) in [5, 5.41) is 8.08. The zero-order valence-electron chi connectivity index (χ0n) is 17.5. The molecule has 166 valence electrons. The largest absolute Gasteiger partial charge is 0.356 e. The van der Waals surface area contributed by atoms with Crippen molar-refractivity contribution in [2.24, 2.45) is 4.99 Å². The van der Waals surface area contributed by atoms with Crippen LogP contribution in [0.25, 0.3) is 0 Å². The number of nitrogens with zero attached hydrogens (tertiary/aromatic N) is 2. The molecule has 1 aromatic rings. The van der Waals surface area contributed by atoms with Gasteiger partial charge in [-0.15, -0.1) is 24.0 Å². The second-order valence-electron chi connectivity index (χ2n) is 6.90. The third kappa shape index (κ3) is 9.20. The summed E-state index contributed by atoms with van der Waals surface area (Å²) in [7, 11) is 1.57. The van der Waals surface area contributed by atoms with Crippen LogP contribution in [0.4, 0.5) is 18.9 Å². The highest BCUT2D eigenvalue weighted by atomic mass is 127. The lowest BCUT2D eigenvalue weighted by molar-refractivity contribution is -0.115. The van der Waals surface area contributed by atoms with Crippen molar-refractivity contribution in [3.8, 4) is 0 Å². The van der Waals surface area contributed by atoms with Gasteiger partial charge >= 0.3 is 0 Å². The average Bonchev–Trinajstić information content (AvgIpc) is 2.63. The first-order valence-electron chi connectivity index (χ1n) is 9.31. The number of guanidine groups is 1. The van der Waals surface area contributed by atoms with Crippen molar-refractivity contribution in [2.75, 3.05) is 32.0 Å². The van der Waals surface area contributed by atoms with Gasteiger partial charge in [0.05, 0.1) is 12.2 Å². The lowest BCUT2D eigenvalue weighted by Crippen LogP contribution is -2.43. The van der Waals surface area contributed by atoms with Gasteiger partial charge in [-0.05, 0) is 46.2 Å². The second-order valence-corrected chi connectivity index (χ2v) is 6.90. The number of rotatable bonds is 9. The molecule has 0 fully saturated rings. The zero-order chi connectivity index (χ0) is 21.3. The molecule has 0 atom stereocenters. The monoisotopic (exact) mass is 529 g/mol. The number of anilines is 1. The number of amides is 1. The van der Waals surface area contributed by atoms with Gasteiger partial charge in [0.2, 0.25) is 5.91 Å². The van der Waals surface area contributed by atoms with E-state index in [-0.39, 0.29) is 30.5 Å². The molecule has 0 aliphatic heterocycles. The second kappa shape index (κ2) is 13.6. The van der Waals surface area contributed by atoms with Crippen LogP contribution in [0.1, 0.15) is 34.1 Å². The summed E-state index contributed by atoms with van der Waals surface area (Å²) in [4.78, 5) is 18.3. The summed E-state index contributed by atoms with van der Waals surface area (Å²) in [6, 6.07) is 2.63. The van der Waals surface area contributed by atoms with Crippen LogP contribution in [-0.2, 0) is 4.79 Å². The maximum atomic E-state index is 13.6. The summed E-state index contributed by atoms with van der Waals surface area (Å²) in [5.74, 6) is -4.57. The SMILES string of the molecule is CN=C(NCCCN(C(C)C)C(C)C)NCC(=O)Nc1ccc(F)c(F)c1F.I. The summed E-state index contributed by atoms with van der Waals surface area (Å²) >= 11 is 0. The highest BCUT2D eigenvalue weighted by Gasteiger charge is 2.15. The van der Waals surface area contributed by atoms with Crippen molar-refractivity contribution >= 4 is 41.5 Å². The summed E-state index contributed by atoms with van der Waals surface area (Å²) in [5.41, 5.74) is -0.420. The van der Waals surface area contributed by atoms with Gasteiger partial charge in [0.1, 0.15) is 0 Å². The Morgan fingerprint density at radius 2 is 1.69 bits per heavy atom. The number of nitrogens with one attached hydrogen (secondary N) is 3. The predicted molar refractivity (Wildman–Crippen MR) is 121 cm³/mol. The Kier molecular flexibility index (Phi) is 12.9. The van der Waals surface area contributed by atoms with Crippen LogP contribution in [0.5, 0.6) is 0 Å². The topological polar surface area (TPSA) is 68.8 Å². The molecule has 0 saturated heterocycles. The smallest absolute Gasteiger partial charge is 0.243 e. The Morgan fingerprint density at radius 3 is 2.24 bits per heavy atom. The van der Waals surface area contributed by atoms with Crippen LogP contribution in [0.2, 0.25) is 0 Å². The van der Waals surface area contributed by atoms with Gasteiger partial charge in [-0.25, -0.2) is 13.2 Å². The van der Waals surface area contributed by atoms with Gasteiger partial charge in [-0.3, -0.25) is 14.7 Å². The molecular weight excluding hydrogens is 498 g/mol. The number of hydrogen-bond donors (Lipinski definition) is 3. The molecule has 1 rings (SSSR count). The average molecular weight is 529 g/mol. The lowest BCUT2D eigenvalue weighted by atomic mass is 10.2. The quantitative estimate of drug-likeness (QED) is 0.151. The number of halogens is 4.